The lowest BCUT2D eigenvalue weighted by molar-refractivity contribution is -0.117. The maximum atomic E-state index is 11.9. The third-order valence-electron chi connectivity index (χ3n) is 3.42. The van der Waals surface area contributed by atoms with Crippen LogP contribution in [0.4, 0.5) is 5.13 Å². The summed E-state index contributed by atoms with van der Waals surface area (Å²) < 4.78 is 0. The van der Waals surface area contributed by atoms with Crippen molar-refractivity contribution in [2.24, 2.45) is 5.73 Å². The van der Waals surface area contributed by atoms with E-state index < -0.39 is 6.04 Å². The van der Waals surface area contributed by atoms with Gasteiger partial charge in [0, 0.05) is 24.4 Å². The Bertz CT molecular complexity index is 452. The Hall–Kier alpha value is -0.690. The van der Waals surface area contributed by atoms with Crippen molar-refractivity contribution in [2.75, 3.05) is 18.4 Å². The number of hydrogen-bond acceptors (Lipinski definition) is 5. The number of rotatable bonds is 5. The smallest absolute Gasteiger partial charge is 0.243 e. The number of amides is 1. The van der Waals surface area contributed by atoms with Gasteiger partial charge in [0.05, 0.1) is 11.7 Å². The largest absolute Gasteiger partial charge is 0.320 e. The van der Waals surface area contributed by atoms with Crippen LogP contribution in [-0.2, 0) is 17.8 Å². The number of carbonyl (C=O) groups is 1. The highest BCUT2D eigenvalue weighted by Crippen LogP contribution is 2.28. The second-order valence-electron chi connectivity index (χ2n) is 4.89. The molecule has 0 spiro atoms. The van der Waals surface area contributed by atoms with Crippen LogP contribution in [0.15, 0.2) is 0 Å². The van der Waals surface area contributed by atoms with Crippen LogP contribution in [-0.4, -0.2) is 34.9 Å². The highest BCUT2D eigenvalue weighted by atomic mass is 35.5. The maximum absolute atomic E-state index is 11.9. The summed E-state index contributed by atoms with van der Waals surface area (Å²) in [6, 6.07) is -0.432. The van der Waals surface area contributed by atoms with Crippen molar-refractivity contribution in [1.82, 2.24) is 9.88 Å². The molecule has 7 heteroatoms. The topological polar surface area (TPSA) is 71.2 Å². The molecule has 0 radical (unpaired) electrons. The first-order valence-electron chi connectivity index (χ1n) is 6.91. The van der Waals surface area contributed by atoms with E-state index >= 15 is 0 Å². The molecule has 1 amide bonds. The molecule has 0 saturated carbocycles. The van der Waals surface area contributed by atoms with E-state index in [1.807, 2.05) is 6.92 Å². The molecule has 5 nitrogen and oxygen atoms in total. The number of anilines is 1. The summed E-state index contributed by atoms with van der Waals surface area (Å²) in [4.78, 5) is 20.0. The Balaban J connectivity index is 0.00000200. The van der Waals surface area contributed by atoms with Crippen LogP contribution in [0.1, 0.15) is 37.3 Å². The molecule has 0 bridgehead atoms. The van der Waals surface area contributed by atoms with Crippen molar-refractivity contribution in [1.29, 1.82) is 0 Å². The van der Waals surface area contributed by atoms with Gasteiger partial charge in [-0.1, -0.05) is 20.3 Å². The lowest BCUT2D eigenvalue weighted by atomic mass is 10.2. The minimum absolute atomic E-state index is 0. The maximum Gasteiger partial charge on any atom is 0.243 e. The summed E-state index contributed by atoms with van der Waals surface area (Å²) in [5.74, 6) is -0.125. The van der Waals surface area contributed by atoms with E-state index in [1.165, 1.54) is 4.88 Å². The Morgan fingerprint density at radius 1 is 1.55 bits per heavy atom. The van der Waals surface area contributed by atoms with Gasteiger partial charge < -0.3 is 11.1 Å². The third-order valence-corrected chi connectivity index (χ3v) is 4.42. The average Bonchev–Trinajstić information content (AvgIpc) is 2.79. The number of halogens is 1. The van der Waals surface area contributed by atoms with Crippen molar-refractivity contribution in [2.45, 2.75) is 45.7 Å². The molecule has 3 N–H and O–H groups in total. The Labute approximate surface area is 130 Å². The molecule has 1 aromatic heterocycles. The fourth-order valence-corrected chi connectivity index (χ4v) is 3.27. The second-order valence-corrected chi connectivity index (χ2v) is 5.98. The number of nitrogens with zero attached hydrogens (tertiary/aromatic N) is 2. The van der Waals surface area contributed by atoms with Gasteiger partial charge in [-0.15, -0.1) is 23.7 Å². The fraction of sp³-hybridized carbons (Fsp3) is 0.692. The first kappa shape index (κ1) is 17.4. The van der Waals surface area contributed by atoms with Gasteiger partial charge >= 0.3 is 0 Å². The van der Waals surface area contributed by atoms with E-state index in [4.69, 9.17) is 5.73 Å². The van der Waals surface area contributed by atoms with Gasteiger partial charge in [-0.05, 0) is 13.0 Å². The van der Waals surface area contributed by atoms with Gasteiger partial charge in [0.2, 0.25) is 5.91 Å². The van der Waals surface area contributed by atoms with Crippen molar-refractivity contribution in [3.8, 4) is 0 Å². The summed E-state index contributed by atoms with van der Waals surface area (Å²) in [7, 11) is 0. The van der Waals surface area contributed by atoms with Crippen molar-refractivity contribution < 1.29 is 4.79 Å². The molecule has 20 heavy (non-hydrogen) atoms. The van der Waals surface area contributed by atoms with Crippen molar-refractivity contribution in [3.05, 3.63) is 10.6 Å². The SMILES string of the molecule is CCCC(N)C(=O)Nc1nc2c(s1)CN(CC)CC2.Cl. The molecule has 1 aliphatic heterocycles. The predicted octanol–water partition coefficient (Wildman–Crippen LogP) is 2.01. The van der Waals surface area contributed by atoms with Crippen LogP contribution < -0.4 is 11.1 Å². The number of likely N-dealkylation sites (N-methyl/N-ethyl adjacent to an activating group) is 1. The molecule has 0 saturated heterocycles. The van der Waals surface area contributed by atoms with E-state index in [9.17, 15) is 4.79 Å². The molecule has 2 heterocycles. The monoisotopic (exact) mass is 318 g/mol. The molecule has 114 valence electrons. The van der Waals surface area contributed by atoms with Gasteiger partial charge in [-0.3, -0.25) is 9.69 Å². The summed E-state index contributed by atoms with van der Waals surface area (Å²) in [6.45, 7) is 7.24. The molecule has 1 atom stereocenters. The Kier molecular flexibility index (Phi) is 6.88. The number of hydrogen-bond donors (Lipinski definition) is 2. The zero-order valence-electron chi connectivity index (χ0n) is 12.0. The van der Waals surface area contributed by atoms with Crippen LogP contribution in [0.25, 0.3) is 0 Å². The zero-order chi connectivity index (χ0) is 13.8. The molecular formula is C13H23ClN4OS. The lowest BCUT2D eigenvalue weighted by Crippen LogP contribution is -2.35. The van der Waals surface area contributed by atoms with E-state index in [-0.39, 0.29) is 18.3 Å². The zero-order valence-corrected chi connectivity index (χ0v) is 13.6. The molecule has 0 aromatic carbocycles. The van der Waals surface area contributed by atoms with Crippen LogP contribution in [0.5, 0.6) is 0 Å². The molecule has 0 aliphatic carbocycles. The van der Waals surface area contributed by atoms with Gasteiger partial charge in [0.1, 0.15) is 0 Å². The van der Waals surface area contributed by atoms with Gasteiger partial charge in [-0.2, -0.15) is 0 Å². The molecular weight excluding hydrogens is 296 g/mol. The summed E-state index contributed by atoms with van der Waals surface area (Å²) in [6.07, 6.45) is 2.59. The highest BCUT2D eigenvalue weighted by Gasteiger charge is 2.21. The lowest BCUT2D eigenvalue weighted by Gasteiger charge is -2.23. The molecule has 1 unspecified atom stereocenters. The van der Waals surface area contributed by atoms with Gasteiger partial charge in [0.25, 0.3) is 0 Å². The fourth-order valence-electron chi connectivity index (χ4n) is 2.21. The second kappa shape index (κ2) is 7.93. The molecule has 1 aromatic rings. The summed E-state index contributed by atoms with van der Waals surface area (Å²) in [5.41, 5.74) is 6.93. The summed E-state index contributed by atoms with van der Waals surface area (Å²) >= 11 is 1.58. The van der Waals surface area contributed by atoms with E-state index in [0.29, 0.717) is 11.6 Å². The highest BCUT2D eigenvalue weighted by molar-refractivity contribution is 7.15. The summed E-state index contributed by atoms with van der Waals surface area (Å²) in [5, 5.41) is 3.54. The number of aromatic nitrogens is 1. The van der Waals surface area contributed by atoms with Crippen LogP contribution in [0.3, 0.4) is 0 Å². The standard InChI is InChI=1S/C13H22N4OS.ClH/c1-3-5-9(14)12(18)16-13-15-10-6-7-17(4-2)8-11(10)19-13;/h9H,3-8,14H2,1-2H3,(H,15,16,18);1H. The van der Waals surface area contributed by atoms with Crippen LogP contribution >= 0.6 is 23.7 Å². The normalized spacial score (nSPS) is 16.1. The Morgan fingerprint density at radius 3 is 2.95 bits per heavy atom. The predicted molar refractivity (Wildman–Crippen MR) is 85.5 cm³/mol. The Morgan fingerprint density at radius 2 is 2.30 bits per heavy atom. The van der Waals surface area contributed by atoms with Crippen LogP contribution in [0, 0.1) is 0 Å². The number of fused-ring (bicyclic) bond motifs is 1. The first-order valence-corrected chi connectivity index (χ1v) is 7.73. The first-order chi connectivity index (χ1) is 9.13. The van der Waals surface area contributed by atoms with Crippen molar-refractivity contribution >= 4 is 34.8 Å². The number of carbonyl (C=O) groups excluding carboxylic acids is 1. The minimum atomic E-state index is -0.432. The van der Waals surface area contributed by atoms with E-state index in [0.717, 1.165) is 38.2 Å². The molecule has 1 aliphatic rings. The minimum Gasteiger partial charge on any atom is -0.320 e. The van der Waals surface area contributed by atoms with E-state index in [1.54, 1.807) is 11.3 Å². The number of nitrogens with two attached hydrogens (primary N) is 1. The number of nitrogens with one attached hydrogen (secondary N) is 1. The van der Waals surface area contributed by atoms with E-state index in [2.05, 4.69) is 22.1 Å². The quantitative estimate of drug-likeness (QED) is 0.871. The van der Waals surface area contributed by atoms with Gasteiger partial charge in [0.15, 0.2) is 5.13 Å². The number of thiazole rings is 1. The third kappa shape index (κ3) is 4.15. The van der Waals surface area contributed by atoms with Gasteiger partial charge in [-0.25, -0.2) is 4.98 Å². The molecule has 2 rings (SSSR count). The van der Waals surface area contributed by atoms with Crippen molar-refractivity contribution in [3.63, 3.8) is 0 Å². The average molecular weight is 319 g/mol. The molecule has 0 fully saturated rings. The van der Waals surface area contributed by atoms with Crippen LogP contribution in [0.2, 0.25) is 0 Å².